The lowest BCUT2D eigenvalue weighted by molar-refractivity contribution is 0.158. The Kier molecular flexibility index (Phi) is 3.71. The van der Waals surface area contributed by atoms with Crippen molar-refractivity contribution in [3.63, 3.8) is 0 Å². The summed E-state index contributed by atoms with van der Waals surface area (Å²) >= 11 is 6.03. The molecule has 1 heterocycles. The minimum Gasteiger partial charge on any atom is -0.493 e. The lowest BCUT2D eigenvalue weighted by Gasteiger charge is -2.35. The predicted molar refractivity (Wildman–Crippen MR) is 85.5 cm³/mol. The molecule has 0 aliphatic carbocycles. The number of fused-ring (bicyclic) bond motifs is 1. The molecular formula is C17H16ClNO3. The van der Waals surface area contributed by atoms with E-state index in [1.807, 2.05) is 49.4 Å². The minimum atomic E-state index is -1.03. The van der Waals surface area contributed by atoms with E-state index < -0.39 is 11.6 Å². The van der Waals surface area contributed by atoms with Crippen LogP contribution >= 0.6 is 11.6 Å². The first-order valence-electron chi connectivity index (χ1n) is 7.02. The maximum Gasteiger partial charge on any atom is 0.405 e. The van der Waals surface area contributed by atoms with Crippen molar-refractivity contribution in [1.29, 1.82) is 0 Å². The van der Waals surface area contributed by atoms with Gasteiger partial charge in [0, 0.05) is 17.0 Å². The Hall–Kier alpha value is -2.20. The summed E-state index contributed by atoms with van der Waals surface area (Å²) in [6.07, 6.45) is -0.433. The number of benzene rings is 2. The average molecular weight is 318 g/mol. The van der Waals surface area contributed by atoms with E-state index in [1.54, 1.807) is 0 Å². The molecule has 2 N–H and O–H groups in total. The monoisotopic (exact) mass is 317 g/mol. The number of hydrogen-bond donors (Lipinski definition) is 2. The molecule has 3 rings (SSSR count). The Labute approximate surface area is 133 Å². The Balaban J connectivity index is 2.02. The molecule has 4 nitrogen and oxygen atoms in total. The second-order valence-corrected chi connectivity index (χ2v) is 6.02. The number of nitrogens with one attached hydrogen (secondary N) is 1. The van der Waals surface area contributed by atoms with Crippen LogP contribution in [-0.4, -0.2) is 17.8 Å². The average Bonchev–Trinajstić information content (AvgIpc) is 2.46. The predicted octanol–water partition coefficient (Wildman–Crippen LogP) is 4.27. The van der Waals surface area contributed by atoms with Crippen molar-refractivity contribution in [2.45, 2.75) is 18.9 Å². The molecule has 0 fully saturated rings. The van der Waals surface area contributed by atoms with Crippen LogP contribution in [-0.2, 0) is 5.54 Å². The van der Waals surface area contributed by atoms with Crippen LogP contribution in [0.1, 0.15) is 18.9 Å². The topological polar surface area (TPSA) is 58.6 Å². The van der Waals surface area contributed by atoms with Crippen molar-refractivity contribution in [3.05, 3.63) is 53.1 Å². The zero-order valence-corrected chi connectivity index (χ0v) is 12.9. The summed E-state index contributed by atoms with van der Waals surface area (Å²) in [5.74, 6) is 0.708. The van der Waals surface area contributed by atoms with Gasteiger partial charge in [-0.2, -0.15) is 0 Å². The van der Waals surface area contributed by atoms with Crippen molar-refractivity contribution in [1.82, 2.24) is 5.32 Å². The van der Waals surface area contributed by atoms with Crippen molar-refractivity contribution >= 4 is 17.7 Å². The Bertz CT molecular complexity index is 732. The number of carbonyl (C=O) groups is 1. The zero-order chi connectivity index (χ0) is 15.7. The fourth-order valence-electron chi connectivity index (χ4n) is 2.81. The second-order valence-electron chi connectivity index (χ2n) is 5.58. The van der Waals surface area contributed by atoms with Crippen LogP contribution in [0.3, 0.4) is 0 Å². The molecule has 0 saturated heterocycles. The van der Waals surface area contributed by atoms with Crippen molar-refractivity contribution in [3.8, 4) is 16.9 Å². The highest BCUT2D eigenvalue weighted by Gasteiger charge is 2.34. The van der Waals surface area contributed by atoms with Gasteiger partial charge in [0.1, 0.15) is 5.75 Å². The molecule has 0 radical (unpaired) electrons. The molecule has 0 saturated carbocycles. The van der Waals surface area contributed by atoms with Gasteiger partial charge in [-0.1, -0.05) is 35.9 Å². The molecule has 0 bridgehead atoms. The highest BCUT2D eigenvalue weighted by molar-refractivity contribution is 6.30. The molecule has 1 amide bonds. The lowest BCUT2D eigenvalue weighted by atomic mass is 9.85. The summed E-state index contributed by atoms with van der Waals surface area (Å²) in [6, 6.07) is 13.4. The Morgan fingerprint density at radius 2 is 2.05 bits per heavy atom. The number of rotatable bonds is 2. The van der Waals surface area contributed by atoms with Gasteiger partial charge in [-0.05, 0) is 36.2 Å². The maximum absolute atomic E-state index is 11.0. The van der Waals surface area contributed by atoms with Gasteiger partial charge in [0.25, 0.3) is 0 Å². The van der Waals surface area contributed by atoms with E-state index in [2.05, 4.69) is 5.32 Å². The third kappa shape index (κ3) is 2.74. The summed E-state index contributed by atoms with van der Waals surface area (Å²) in [6.45, 7) is 2.35. The summed E-state index contributed by atoms with van der Waals surface area (Å²) in [5, 5.41) is 12.3. The van der Waals surface area contributed by atoms with Crippen molar-refractivity contribution < 1.29 is 14.6 Å². The van der Waals surface area contributed by atoms with E-state index in [0.717, 1.165) is 16.7 Å². The van der Waals surface area contributed by atoms with E-state index in [0.29, 0.717) is 23.8 Å². The molecule has 2 aromatic carbocycles. The normalized spacial score (nSPS) is 19.9. The zero-order valence-electron chi connectivity index (χ0n) is 12.1. The summed E-state index contributed by atoms with van der Waals surface area (Å²) in [5.41, 5.74) is 2.21. The first-order valence-corrected chi connectivity index (χ1v) is 7.40. The molecule has 1 unspecified atom stereocenters. The van der Waals surface area contributed by atoms with Gasteiger partial charge in [-0.15, -0.1) is 0 Å². The van der Waals surface area contributed by atoms with Gasteiger partial charge in [-0.3, -0.25) is 0 Å². The minimum absolute atomic E-state index is 0.475. The van der Waals surface area contributed by atoms with Gasteiger partial charge in [0.2, 0.25) is 0 Å². The molecule has 5 heteroatoms. The van der Waals surface area contributed by atoms with Crippen LogP contribution in [0.25, 0.3) is 11.1 Å². The molecule has 114 valence electrons. The van der Waals surface area contributed by atoms with E-state index in [-0.39, 0.29) is 0 Å². The largest absolute Gasteiger partial charge is 0.493 e. The van der Waals surface area contributed by atoms with Gasteiger partial charge in [0.05, 0.1) is 12.1 Å². The molecule has 1 aliphatic rings. The highest BCUT2D eigenvalue weighted by atomic mass is 35.5. The van der Waals surface area contributed by atoms with Crippen LogP contribution in [0.15, 0.2) is 42.5 Å². The molecule has 1 aliphatic heterocycles. The second kappa shape index (κ2) is 5.54. The van der Waals surface area contributed by atoms with E-state index in [9.17, 15) is 4.79 Å². The van der Waals surface area contributed by atoms with Gasteiger partial charge < -0.3 is 15.2 Å². The van der Waals surface area contributed by atoms with E-state index in [4.69, 9.17) is 21.4 Å². The van der Waals surface area contributed by atoms with E-state index in [1.165, 1.54) is 0 Å². The SMILES string of the molecule is CC1(NC(=O)O)CCOc2cc(-c3cccc(Cl)c3)ccc21. The van der Waals surface area contributed by atoms with Crippen LogP contribution in [0, 0.1) is 0 Å². The Morgan fingerprint density at radius 1 is 1.27 bits per heavy atom. The number of hydrogen-bond acceptors (Lipinski definition) is 2. The molecular weight excluding hydrogens is 302 g/mol. The van der Waals surface area contributed by atoms with Crippen LogP contribution in [0.2, 0.25) is 5.02 Å². The first kappa shape index (κ1) is 14.7. The fraction of sp³-hybridized carbons (Fsp3) is 0.235. The number of halogens is 1. The van der Waals surface area contributed by atoms with Gasteiger partial charge >= 0.3 is 6.09 Å². The first-order chi connectivity index (χ1) is 10.5. The molecule has 2 aromatic rings. The Morgan fingerprint density at radius 3 is 2.77 bits per heavy atom. The summed E-state index contributed by atoms with van der Waals surface area (Å²) in [4.78, 5) is 11.0. The quantitative estimate of drug-likeness (QED) is 0.869. The molecule has 0 aromatic heterocycles. The third-order valence-electron chi connectivity index (χ3n) is 3.98. The fourth-order valence-corrected chi connectivity index (χ4v) is 3.00. The highest BCUT2D eigenvalue weighted by Crippen LogP contribution is 2.39. The van der Waals surface area contributed by atoms with Gasteiger partial charge in [0.15, 0.2) is 0 Å². The summed E-state index contributed by atoms with van der Waals surface area (Å²) in [7, 11) is 0. The summed E-state index contributed by atoms with van der Waals surface area (Å²) < 4.78 is 5.73. The number of ether oxygens (including phenoxy) is 1. The van der Waals surface area contributed by atoms with E-state index >= 15 is 0 Å². The molecule has 0 spiro atoms. The standard InChI is InChI=1S/C17H16ClNO3/c1-17(19-16(20)21)7-8-22-15-10-12(5-6-14(15)17)11-3-2-4-13(18)9-11/h2-6,9-10,19H,7-8H2,1H3,(H,20,21). The van der Waals surface area contributed by atoms with Gasteiger partial charge in [-0.25, -0.2) is 4.79 Å². The third-order valence-corrected chi connectivity index (χ3v) is 4.21. The van der Waals surface area contributed by atoms with Crippen molar-refractivity contribution in [2.75, 3.05) is 6.61 Å². The van der Waals surface area contributed by atoms with Crippen molar-refractivity contribution in [2.24, 2.45) is 0 Å². The molecule has 1 atom stereocenters. The molecule has 22 heavy (non-hydrogen) atoms. The lowest BCUT2D eigenvalue weighted by Crippen LogP contribution is -2.46. The van der Waals surface area contributed by atoms with Crippen LogP contribution < -0.4 is 10.1 Å². The van der Waals surface area contributed by atoms with Crippen LogP contribution in [0.5, 0.6) is 5.75 Å². The smallest absolute Gasteiger partial charge is 0.405 e. The van der Waals surface area contributed by atoms with Crippen LogP contribution in [0.4, 0.5) is 4.79 Å². The number of amides is 1. The maximum atomic E-state index is 11.0. The number of carboxylic acid groups (broad SMARTS) is 1.